The van der Waals surface area contributed by atoms with Gasteiger partial charge in [-0.25, -0.2) is 4.39 Å². The van der Waals surface area contributed by atoms with E-state index in [0.717, 1.165) is 17.4 Å². The topological polar surface area (TPSA) is 102 Å². The van der Waals surface area contributed by atoms with E-state index in [2.05, 4.69) is 20.8 Å². The van der Waals surface area contributed by atoms with E-state index in [1.165, 1.54) is 0 Å². The fourth-order valence-electron chi connectivity index (χ4n) is 5.80. The van der Waals surface area contributed by atoms with Crippen LogP contribution in [-0.2, 0) is 17.8 Å². The molecule has 4 aromatic rings. The summed E-state index contributed by atoms with van der Waals surface area (Å²) >= 11 is 0. The Morgan fingerprint density at radius 2 is 2.05 bits per heavy atom. The van der Waals surface area contributed by atoms with Gasteiger partial charge in [-0.15, -0.1) is 0 Å². The molecular formula is C29H33F4N7O3. The molecule has 0 spiro atoms. The van der Waals surface area contributed by atoms with Gasteiger partial charge >= 0.3 is 6.18 Å². The van der Waals surface area contributed by atoms with E-state index in [-0.39, 0.29) is 48.6 Å². The second-order valence-corrected chi connectivity index (χ2v) is 11.3. The molecule has 3 aromatic heterocycles. The smallest absolute Gasteiger partial charge is 0.381 e. The molecule has 1 aliphatic heterocycles. The molecule has 43 heavy (non-hydrogen) atoms. The number of hydrogen-bond donors (Lipinski definition) is 2. The Morgan fingerprint density at radius 1 is 1.23 bits per heavy atom. The van der Waals surface area contributed by atoms with E-state index in [1.54, 1.807) is 43.6 Å². The number of fused-ring (bicyclic) bond motifs is 1. The van der Waals surface area contributed by atoms with Crippen molar-refractivity contribution in [1.29, 1.82) is 0 Å². The van der Waals surface area contributed by atoms with Crippen LogP contribution >= 0.6 is 0 Å². The van der Waals surface area contributed by atoms with Crippen molar-refractivity contribution in [3.05, 3.63) is 54.2 Å². The third-order valence-electron chi connectivity index (χ3n) is 8.27. The number of aromatic nitrogens is 4. The van der Waals surface area contributed by atoms with Crippen molar-refractivity contribution in [3.63, 3.8) is 0 Å². The molecule has 1 amide bonds. The van der Waals surface area contributed by atoms with Gasteiger partial charge in [0.25, 0.3) is 5.91 Å². The van der Waals surface area contributed by atoms with Crippen molar-refractivity contribution < 1.29 is 31.6 Å². The van der Waals surface area contributed by atoms with Crippen LogP contribution in [0.15, 0.2) is 47.2 Å². The van der Waals surface area contributed by atoms with Crippen LogP contribution in [0.1, 0.15) is 41.6 Å². The second kappa shape index (κ2) is 11.6. The highest BCUT2D eigenvalue weighted by atomic mass is 19.4. The number of anilines is 1. The lowest BCUT2D eigenvalue weighted by atomic mass is 9.89. The van der Waals surface area contributed by atoms with Gasteiger partial charge in [0.2, 0.25) is 11.7 Å². The molecule has 10 nitrogen and oxygen atoms in total. The maximum Gasteiger partial charge on any atom is 0.406 e. The van der Waals surface area contributed by atoms with Crippen LogP contribution in [0.25, 0.3) is 22.4 Å². The Kier molecular flexibility index (Phi) is 7.90. The zero-order chi connectivity index (χ0) is 30.3. The molecule has 1 aromatic carbocycles. The van der Waals surface area contributed by atoms with E-state index in [1.807, 2.05) is 22.7 Å². The molecular weight excluding hydrogens is 570 g/mol. The Bertz CT molecular complexity index is 1590. The highest BCUT2D eigenvalue weighted by Crippen LogP contribution is 2.36. The van der Waals surface area contributed by atoms with Gasteiger partial charge in [-0.3, -0.25) is 4.79 Å². The summed E-state index contributed by atoms with van der Waals surface area (Å²) in [6.45, 7) is -0.402. The summed E-state index contributed by atoms with van der Waals surface area (Å²) in [6.07, 6.45) is 0.522. The number of nitrogens with one attached hydrogen (secondary N) is 2. The molecule has 2 N–H and O–H groups in total. The number of amides is 1. The fraction of sp³-hybridized carbons (Fsp3) is 0.483. The normalized spacial score (nSPS) is 22.9. The molecule has 0 bridgehead atoms. The average Bonchev–Trinajstić information content (AvgIpc) is 3.67. The zero-order valence-electron chi connectivity index (χ0n) is 23.8. The first-order valence-corrected chi connectivity index (χ1v) is 14.2. The van der Waals surface area contributed by atoms with Crippen LogP contribution in [0, 0.1) is 0 Å². The van der Waals surface area contributed by atoms with Gasteiger partial charge in [-0.1, -0.05) is 11.2 Å². The molecule has 2 fully saturated rings. The molecule has 0 radical (unpaired) electrons. The van der Waals surface area contributed by atoms with Crippen LogP contribution in [0.5, 0.6) is 0 Å². The number of benzene rings is 1. The van der Waals surface area contributed by atoms with E-state index < -0.39 is 24.9 Å². The number of carbonyl (C=O) groups is 1. The highest BCUT2D eigenvalue weighted by Gasteiger charge is 2.33. The van der Waals surface area contributed by atoms with Crippen molar-refractivity contribution in [2.24, 2.45) is 0 Å². The third kappa shape index (κ3) is 6.25. The molecule has 2 atom stereocenters. The van der Waals surface area contributed by atoms with Gasteiger partial charge in [0.05, 0.1) is 35.5 Å². The van der Waals surface area contributed by atoms with Crippen LogP contribution in [0.4, 0.5) is 23.2 Å². The van der Waals surface area contributed by atoms with E-state index in [9.17, 15) is 22.4 Å². The van der Waals surface area contributed by atoms with Gasteiger partial charge in [0, 0.05) is 49.7 Å². The number of alkyl halides is 4. The van der Waals surface area contributed by atoms with Crippen LogP contribution < -0.4 is 10.6 Å². The monoisotopic (exact) mass is 603 g/mol. The SMILES string of the molecule is CO[C@H]1C[C@H](n2ccc(C(=O)NCc3nc(-c4cc5c(N[C@@H]6CCN(C)C[C@@H]6F)cccc5n4CC(F)(F)F)no3)c2)C1. The minimum absolute atomic E-state index is 0.0403. The van der Waals surface area contributed by atoms with Gasteiger partial charge in [0.1, 0.15) is 12.7 Å². The molecule has 14 heteroatoms. The number of likely N-dealkylation sites (tertiary alicyclic amines) is 1. The zero-order valence-corrected chi connectivity index (χ0v) is 23.8. The Balaban J connectivity index is 1.20. The van der Waals surface area contributed by atoms with Gasteiger partial charge in [-0.2, -0.15) is 18.2 Å². The first kappa shape index (κ1) is 29.2. The number of methoxy groups -OCH3 is 1. The Morgan fingerprint density at radius 3 is 2.79 bits per heavy atom. The minimum atomic E-state index is -4.52. The van der Waals surface area contributed by atoms with Crippen molar-refractivity contribution >= 4 is 22.5 Å². The second-order valence-electron chi connectivity index (χ2n) is 11.3. The molecule has 230 valence electrons. The number of hydrogen-bond acceptors (Lipinski definition) is 7. The molecule has 1 saturated heterocycles. The minimum Gasteiger partial charge on any atom is -0.381 e. The standard InChI is InChI=1S/C29H33F4N7O3/c1-38-8-7-23(21(30)15-38)35-22-4-3-5-24-20(22)12-25(40(24)16-29(31,32)33)27-36-26(43-37-27)13-34-28(41)17-6-9-39(14-17)18-10-19(11-18)42-2/h3-6,9,12,14,18-19,21,23,35H,7-8,10-11,13,15-16H2,1-2H3,(H,34,41)/t18-,19-,21-,23+/m0/s1. The predicted octanol–water partition coefficient (Wildman–Crippen LogP) is 4.79. The predicted molar refractivity (Wildman–Crippen MR) is 150 cm³/mol. The van der Waals surface area contributed by atoms with Crippen LogP contribution in [-0.4, -0.2) is 81.8 Å². The van der Waals surface area contributed by atoms with Crippen molar-refractivity contribution in [2.45, 2.75) is 62.9 Å². The van der Waals surface area contributed by atoms with Crippen molar-refractivity contribution in [3.8, 4) is 11.5 Å². The molecule has 6 rings (SSSR count). The summed E-state index contributed by atoms with van der Waals surface area (Å²) in [7, 11) is 3.53. The number of halogens is 4. The molecule has 1 saturated carbocycles. The summed E-state index contributed by atoms with van der Waals surface area (Å²) in [5.74, 6) is -0.358. The largest absolute Gasteiger partial charge is 0.406 e. The lowest BCUT2D eigenvalue weighted by Gasteiger charge is -2.35. The molecule has 2 aliphatic rings. The lowest BCUT2D eigenvalue weighted by Crippen LogP contribution is -2.46. The lowest BCUT2D eigenvalue weighted by molar-refractivity contribution is -0.139. The number of nitrogens with zero attached hydrogens (tertiary/aromatic N) is 5. The number of carbonyl (C=O) groups excluding carboxylic acids is 1. The summed E-state index contributed by atoms with van der Waals surface area (Å²) in [5.41, 5.74) is 1.38. The van der Waals surface area contributed by atoms with Gasteiger partial charge in [0.15, 0.2) is 0 Å². The van der Waals surface area contributed by atoms with Gasteiger partial charge in [-0.05, 0) is 50.6 Å². The maximum absolute atomic E-state index is 14.8. The Labute approximate surface area is 245 Å². The van der Waals surface area contributed by atoms with Crippen molar-refractivity contribution in [1.82, 2.24) is 29.5 Å². The number of ether oxygens (including phenoxy) is 1. The summed E-state index contributed by atoms with van der Waals surface area (Å²) in [6, 6.07) is 8.01. The van der Waals surface area contributed by atoms with Gasteiger partial charge < -0.3 is 33.9 Å². The quantitative estimate of drug-likeness (QED) is 0.265. The first-order valence-electron chi connectivity index (χ1n) is 14.2. The Hall–Kier alpha value is -3.91. The molecule has 1 aliphatic carbocycles. The van der Waals surface area contributed by atoms with Crippen LogP contribution in [0.2, 0.25) is 0 Å². The highest BCUT2D eigenvalue weighted by molar-refractivity contribution is 5.96. The van der Waals surface area contributed by atoms with E-state index >= 15 is 0 Å². The molecule has 0 unspecified atom stereocenters. The molecule has 4 heterocycles. The van der Waals surface area contributed by atoms with Crippen molar-refractivity contribution in [2.75, 3.05) is 32.6 Å². The van der Waals surface area contributed by atoms with E-state index in [4.69, 9.17) is 9.26 Å². The number of piperidine rings is 1. The van der Waals surface area contributed by atoms with Crippen LogP contribution in [0.3, 0.4) is 0 Å². The first-order chi connectivity index (χ1) is 20.6. The summed E-state index contributed by atoms with van der Waals surface area (Å²) < 4.78 is 69.5. The summed E-state index contributed by atoms with van der Waals surface area (Å²) in [4.78, 5) is 18.9. The average molecular weight is 604 g/mol. The summed E-state index contributed by atoms with van der Waals surface area (Å²) in [5, 5.41) is 10.3. The maximum atomic E-state index is 14.8. The fourth-order valence-corrected chi connectivity index (χ4v) is 5.80. The third-order valence-corrected chi connectivity index (χ3v) is 8.27. The number of rotatable bonds is 9. The van der Waals surface area contributed by atoms with E-state index in [0.29, 0.717) is 35.1 Å².